The molecule has 0 N–H and O–H groups in total. The molecule has 0 spiro atoms. The van der Waals surface area contributed by atoms with Gasteiger partial charge in [-0.25, -0.2) is 9.97 Å². The second-order valence-electron chi connectivity index (χ2n) is 5.01. The summed E-state index contributed by atoms with van der Waals surface area (Å²) in [4.78, 5) is 9.95. The van der Waals surface area contributed by atoms with E-state index in [4.69, 9.17) is 5.26 Å². The number of nitrogens with zero attached hydrogens (tertiary/aromatic N) is 4. The molecule has 1 aromatic heterocycles. The average molecular weight is 304 g/mol. The predicted octanol–water partition coefficient (Wildman–Crippen LogP) is 2.93. The maximum Gasteiger partial charge on any atom is 0.417 e. The first-order valence-electron chi connectivity index (χ1n) is 6.63. The molecule has 0 amide bonds. The Morgan fingerprint density at radius 3 is 2.82 bits per heavy atom. The molecular formula is C15H11F3N4. The molecule has 2 aromatic rings. The van der Waals surface area contributed by atoms with Crippen molar-refractivity contribution in [3.05, 3.63) is 53.1 Å². The van der Waals surface area contributed by atoms with Crippen molar-refractivity contribution in [3.63, 3.8) is 0 Å². The maximum absolute atomic E-state index is 13.0. The van der Waals surface area contributed by atoms with Crippen molar-refractivity contribution >= 4 is 5.69 Å². The van der Waals surface area contributed by atoms with Gasteiger partial charge in [0.2, 0.25) is 0 Å². The minimum absolute atomic E-state index is 0.365. The van der Waals surface area contributed by atoms with Crippen molar-refractivity contribution in [2.45, 2.75) is 19.1 Å². The molecule has 0 fully saturated rings. The number of nitriles is 1. The molecule has 0 unspecified atom stereocenters. The number of halogens is 3. The van der Waals surface area contributed by atoms with Gasteiger partial charge in [0, 0.05) is 18.4 Å². The number of hydrogen-bond acceptors (Lipinski definition) is 4. The number of rotatable bonds is 1. The molecule has 0 radical (unpaired) electrons. The molecule has 7 heteroatoms. The third-order valence-corrected chi connectivity index (χ3v) is 3.67. The van der Waals surface area contributed by atoms with E-state index in [1.165, 1.54) is 12.4 Å². The summed E-state index contributed by atoms with van der Waals surface area (Å²) in [7, 11) is 0. The van der Waals surface area contributed by atoms with Gasteiger partial charge in [-0.2, -0.15) is 18.4 Å². The predicted molar refractivity (Wildman–Crippen MR) is 72.9 cm³/mol. The highest BCUT2D eigenvalue weighted by molar-refractivity contribution is 5.55. The van der Waals surface area contributed by atoms with Crippen LogP contribution in [0, 0.1) is 11.3 Å². The molecule has 0 aliphatic carbocycles. The number of hydrogen-bond donors (Lipinski definition) is 0. The van der Waals surface area contributed by atoms with Gasteiger partial charge in [0.05, 0.1) is 29.4 Å². The van der Waals surface area contributed by atoms with Crippen molar-refractivity contribution < 1.29 is 13.2 Å². The lowest BCUT2D eigenvalue weighted by molar-refractivity contribution is -0.137. The number of anilines is 1. The van der Waals surface area contributed by atoms with Crippen LogP contribution in [0.4, 0.5) is 18.9 Å². The minimum atomic E-state index is -4.54. The van der Waals surface area contributed by atoms with Crippen LogP contribution in [0.15, 0.2) is 30.7 Å². The number of benzene rings is 1. The molecular weight excluding hydrogens is 293 g/mol. The van der Waals surface area contributed by atoms with Crippen LogP contribution < -0.4 is 4.90 Å². The fourth-order valence-electron chi connectivity index (χ4n) is 2.53. The van der Waals surface area contributed by atoms with Gasteiger partial charge < -0.3 is 4.90 Å². The zero-order valence-electron chi connectivity index (χ0n) is 11.4. The quantitative estimate of drug-likeness (QED) is 0.813. The third-order valence-electron chi connectivity index (χ3n) is 3.67. The molecule has 0 bridgehead atoms. The molecule has 1 aliphatic heterocycles. The largest absolute Gasteiger partial charge is 0.417 e. The summed E-state index contributed by atoms with van der Waals surface area (Å²) in [5.41, 5.74) is 1.01. The van der Waals surface area contributed by atoms with Crippen molar-refractivity contribution in [2.75, 3.05) is 11.4 Å². The molecule has 112 valence electrons. The molecule has 1 aromatic carbocycles. The van der Waals surface area contributed by atoms with Crippen LogP contribution in [-0.4, -0.2) is 16.5 Å². The maximum atomic E-state index is 13.0. The Morgan fingerprint density at radius 2 is 2.09 bits per heavy atom. The Hall–Kier alpha value is -2.62. The Balaban J connectivity index is 1.96. The molecule has 0 saturated heterocycles. The first-order chi connectivity index (χ1) is 10.5. The van der Waals surface area contributed by atoms with Gasteiger partial charge in [-0.05, 0) is 30.2 Å². The van der Waals surface area contributed by atoms with E-state index in [-0.39, 0.29) is 5.56 Å². The fourth-order valence-corrected chi connectivity index (χ4v) is 2.53. The van der Waals surface area contributed by atoms with Crippen LogP contribution >= 0.6 is 0 Å². The number of fused-ring (bicyclic) bond motifs is 1. The van der Waals surface area contributed by atoms with E-state index >= 15 is 0 Å². The lowest BCUT2D eigenvalue weighted by Gasteiger charge is -2.30. The number of alkyl halides is 3. The zero-order chi connectivity index (χ0) is 15.7. The molecule has 22 heavy (non-hydrogen) atoms. The molecule has 0 saturated carbocycles. The minimum Gasteiger partial charge on any atom is -0.365 e. The molecule has 2 heterocycles. The van der Waals surface area contributed by atoms with Gasteiger partial charge >= 0.3 is 6.18 Å². The summed E-state index contributed by atoms with van der Waals surface area (Å²) in [6.45, 7) is 1.02. The van der Waals surface area contributed by atoms with Gasteiger partial charge in [-0.1, -0.05) is 0 Å². The monoisotopic (exact) mass is 304 g/mol. The summed E-state index contributed by atoms with van der Waals surface area (Å²) in [6.07, 6.45) is -0.698. The summed E-state index contributed by atoms with van der Waals surface area (Å²) >= 11 is 0. The van der Waals surface area contributed by atoms with E-state index in [1.807, 2.05) is 4.90 Å². The van der Waals surface area contributed by atoms with Crippen LogP contribution in [0.1, 0.15) is 22.4 Å². The van der Waals surface area contributed by atoms with Crippen molar-refractivity contribution in [1.82, 2.24) is 9.97 Å². The van der Waals surface area contributed by atoms with Crippen LogP contribution in [0.2, 0.25) is 0 Å². The van der Waals surface area contributed by atoms with E-state index in [9.17, 15) is 13.2 Å². The average Bonchev–Trinajstić information content (AvgIpc) is 2.53. The second-order valence-corrected chi connectivity index (χ2v) is 5.01. The van der Waals surface area contributed by atoms with Crippen molar-refractivity contribution in [1.29, 1.82) is 5.26 Å². The van der Waals surface area contributed by atoms with Gasteiger partial charge in [0.1, 0.15) is 6.33 Å². The van der Waals surface area contributed by atoms with Crippen molar-refractivity contribution in [3.8, 4) is 6.07 Å². The molecule has 1 aliphatic rings. The van der Waals surface area contributed by atoms with E-state index in [0.29, 0.717) is 25.2 Å². The van der Waals surface area contributed by atoms with Crippen molar-refractivity contribution in [2.24, 2.45) is 0 Å². The SMILES string of the molecule is N#Cc1ccc(N2CCc3cncnc3C2)cc1C(F)(F)F. The highest BCUT2D eigenvalue weighted by Gasteiger charge is 2.34. The van der Waals surface area contributed by atoms with Crippen LogP contribution in [0.3, 0.4) is 0 Å². The van der Waals surface area contributed by atoms with E-state index in [2.05, 4.69) is 9.97 Å². The smallest absolute Gasteiger partial charge is 0.365 e. The summed E-state index contributed by atoms with van der Waals surface area (Å²) in [5, 5.41) is 8.83. The third kappa shape index (κ3) is 2.60. The molecule has 4 nitrogen and oxygen atoms in total. The fraction of sp³-hybridized carbons (Fsp3) is 0.267. The topological polar surface area (TPSA) is 52.8 Å². The Labute approximate surface area is 124 Å². The van der Waals surface area contributed by atoms with Crippen LogP contribution in [0.5, 0.6) is 0 Å². The first kappa shape index (κ1) is 14.3. The Kier molecular flexibility index (Phi) is 3.45. The highest BCUT2D eigenvalue weighted by atomic mass is 19.4. The molecule has 0 atom stereocenters. The second kappa shape index (κ2) is 5.30. The standard InChI is InChI=1S/C15H11F3N4/c16-15(17,18)13-5-12(2-1-10(13)6-19)22-4-3-11-7-20-9-21-14(11)8-22/h1-2,5,7,9H,3-4,8H2. The Bertz CT molecular complexity index is 749. The number of aromatic nitrogens is 2. The van der Waals surface area contributed by atoms with E-state index in [1.54, 1.807) is 18.3 Å². The molecule has 3 rings (SSSR count). The van der Waals surface area contributed by atoms with E-state index < -0.39 is 11.7 Å². The highest BCUT2D eigenvalue weighted by Crippen LogP contribution is 2.35. The summed E-state index contributed by atoms with van der Waals surface area (Å²) < 4.78 is 39.1. The zero-order valence-corrected chi connectivity index (χ0v) is 11.4. The lowest BCUT2D eigenvalue weighted by Crippen LogP contribution is -2.31. The first-order valence-corrected chi connectivity index (χ1v) is 6.63. The van der Waals surface area contributed by atoms with Crippen LogP contribution in [-0.2, 0) is 19.1 Å². The van der Waals surface area contributed by atoms with Gasteiger partial charge in [-0.15, -0.1) is 0 Å². The lowest BCUT2D eigenvalue weighted by atomic mass is 10.0. The van der Waals surface area contributed by atoms with Gasteiger partial charge in [0.15, 0.2) is 0 Å². The van der Waals surface area contributed by atoms with Gasteiger partial charge in [0.25, 0.3) is 0 Å². The van der Waals surface area contributed by atoms with Gasteiger partial charge in [-0.3, -0.25) is 0 Å². The Morgan fingerprint density at radius 1 is 1.27 bits per heavy atom. The normalized spacial score (nSPS) is 14.4. The van der Waals surface area contributed by atoms with E-state index in [0.717, 1.165) is 17.3 Å². The summed E-state index contributed by atoms with van der Waals surface area (Å²) in [6, 6.07) is 5.38. The van der Waals surface area contributed by atoms with Crippen LogP contribution in [0.25, 0.3) is 0 Å². The summed E-state index contributed by atoms with van der Waals surface area (Å²) in [5.74, 6) is 0.